The van der Waals surface area contributed by atoms with Crippen molar-refractivity contribution in [1.82, 2.24) is 0 Å². The summed E-state index contributed by atoms with van der Waals surface area (Å²) < 4.78 is -0.0255. The van der Waals surface area contributed by atoms with E-state index in [1.54, 1.807) is 6.92 Å². The first kappa shape index (κ1) is 7.15. The van der Waals surface area contributed by atoms with Crippen molar-refractivity contribution in [3.8, 4) is 0 Å². The topological polar surface area (TPSA) is 40.5 Å². The molecule has 0 bridgehead atoms. The summed E-state index contributed by atoms with van der Waals surface area (Å²) >= 11 is 2.31. The third-order valence-electron chi connectivity index (χ3n) is 0.672. The molecule has 0 saturated carbocycles. The fourth-order valence-electron chi connectivity index (χ4n) is 0.175. The molecule has 0 aromatic carbocycles. The van der Waals surface area contributed by atoms with Gasteiger partial charge in [0, 0.05) is 0 Å². The van der Waals surface area contributed by atoms with Crippen molar-refractivity contribution in [2.24, 2.45) is 0 Å². The second-order valence-electron chi connectivity index (χ2n) is 1.26. The Labute approximate surface area is 50.5 Å². The van der Waals surface area contributed by atoms with Gasteiger partial charge in [0.05, 0.1) is 0 Å². The van der Waals surface area contributed by atoms with Gasteiger partial charge in [0.15, 0.2) is 0 Å². The van der Waals surface area contributed by atoms with Crippen LogP contribution in [0.5, 0.6) is 0 Å². The molecule has 3 heteroatoms. The van der Waals surface area contributed by atoms with Crippen LogP contribution in [0.25, 0.3) is 0 Å². The predicted octanol–water partition coefficient (Wildman–Crippen LogP) is -0.572. The third-order valence-corrected chi connectivity index (χ3v) is 1.24. The maximum atomic E-state index is 8.62. The van der Waals surface area contributed by atoms with Gasteiger partial charge in [-0.2, -0.15) is 0 Å². The molecular formula is C4H8O2Se. The second-order valence-corrected chi connectivity index (χ2v) is 2.14. The molecule has 0 aliphatic heterocycles. The predicted molar refractivity (Wildman–Crippen MR) is 29.0 cm³/mol. The molecule has 2 N–H and O–H groups in total. The van der Waals surface area contributed by atoms with E-state index < -0.39 is 6.10 Å². The molecule has 0 rings (SSSR count). The minimum atomic E-state index is -0.681. The van der Waals surface area contributed by atoms with Crippen molar-refractivity contribution in [3.63, 3.8) is 0 Å². The normalized spacial score (nSPS) is 13.4. The number of hydrogen-bond donors (Lipinski definition) is 2. The number of hydrogen-bond acceptors (Lipinski definition) is 2. The molecule has 1 unspecified atom stereocenters. The van der Waals surface area contributed by atoms with Gasteiger partial charge < -0.3 is 0 Å². The SMILES string of the molecule is CCC(O)C(O)=[Se]. The zero-order valence-corrected chi connectivity index (χ0v) is 5.80. The van der Waals surface area contributed by atoms with E-state index in [9.17, 15) is 0 Å². The van der Waals surface area contributed by atoms with E-state index in [2.05, 4.69) is 15.6 Å². The van der Waals surface area contributed by atoms with Gasteiger partial charge in [-0.05, 0) is 0 Å². The minimum absolute atomic E-state index is 0.0255. The Morgan fingerprint density at radius 3 is 2.29 bits per heavy atom. The second kappa shape index (κ2) is 3.19. The molecule has 0 aromatic rings. The summed E-state index contributed by atoms with van der Waals surface area (Å²) in [4.78, 5) is 0. The van der Waals surface area contributed by atoms with Gasteiger partial charge in [-0.1, -0.05) is 0 Å². The summed E-state index contributed by atoms with van der Waals surface area (Å²) in [6.07, 6.45) is -0.126. The molecule has 0 saturated heterocycles. The summed E-state index contributed by atoms with van der Waals surface area (Å²) in [6.45, 7) is 1.79. The molecule has 0 amide bonds. The fraction of sp³-hybridized carbons (Fsp3) is 0.750. The monoisotopic (exact) mass is 168 g/mol. The molecule has 2 nitrogen and oxygen atoms in total. The number of aliphatic hydroxyl groups excluding tert-OH is 2. The van der Waals surface area contributed by atoms with Crippen LogP contribution in [0.4, 0.5) is 0 Å². The molecule has 0 heterocycles. The van der Waals surface area contributed by atoms with Crippen LogP contribution in [0.15, 0.2) is 0 Å². The molecule has 42 valence electrons. The standard InChI is InChI=1S/C4H8O2Se/c1-2-3(5)4(6)7/h3,5H,2H2,1H3,(H,6,7). The van der Waals surface area contributed by atoms with E-state index >= 15 is 0 Å². The first-order valence-electron chi connectivity index (χ1n) is 2.09. The fourth-order valence-corrected chi connectivity index (χ4v) is 0.524. The van der Waals surface area contributed by atoms with Crippen molar-refractivity contribution in [1.29, 1.82) is 0 Å². The van der Waals surface area contributed by atoms with Gasteiger partial charge in [-0.3, -0.25) is 0 Å². The van der Waals surface area contributed by atoms with Crippen LogP contribution in [-0.4, -0.2) is 36.5 Å². The van der Waals surface area contributed by atoms with E-state index in [1.807, 2.05) is 0 Å². The van der Waals surface area contributed by atoms with Crippen molar-refractivity contribution in [3.05, 3.63) is 0 Å². The van der Waals surface area contributed by atoms with E-state index in [4.69, 9.17) is 10.2 Å². The third kappa shape index (κ3) is 2.80. The first-order chi connectivity index (χ1) is 3.18. The van der Waals surface area contributed by atoms with Gasteiger partial charge >= 0.3 is 49.8 Å². The quantitative estimate of drug-likeness (QED) is 0.540. The summed E-state index contributed by atoms with van der Waals surface area (Å²) in [6, 6.07) is 0. The zero-order chi connectivity index (χ0) is 5.86. The molecule has 1 atom stereocenters. The number of rotatable bonds is 2. The number of aliphatic hydroxyl groups is 2. The van der Waals surface area contributed by atoms with Crippen molar-refractivity contribution >= 4 is 20.2 Å². The summed E-state index contributed by atoms with van der Waals surface area (Å²) in [5.74, 6) is 0. The Morgan fingerprint density at radius 2 is 2.29 bits per heavy atom. The van der Waals surface area contributed by atoms with Gasteiger partial charge in [0.1, 0.15) is 0 Å². The Balaban J connectivity index is 3.34. The Morgan fingerprint density at radius 1 is 1.86 bits per heavy atom. The van der Waals surface area contributed by atoms with E-state index in [1.165, 1.54) is 0 Å². The van der Waals surface area contributed by atoms with Gasteiger partial charge in [-0.15, -0.1) is 0 Å². The van der Waals surface area contributed by atoms with Crippen molar-refractivity contribution in [2.45, 2.75) is 19.4 Å². The maximum absolute atomic E-state index is 8.62. The van der Waals surface area contributed by atoms with Crippen LogP contribution in [0.3, 0.4) is 0 Å². The first-order valence-corrected chi connectivity index (χ1v) is 2.95. The molecule has 0 aromatic heterocycles. The molecular weight excluding hydrogens is 159 g/mol. The van der Waals surface area contributed by atoms with Crippen LogP contribution in [0.1, 0.15) is 13.3 Å². The van der Waals surface area contributed by atoms with Crippen LogP contribution >= 0.6 is 0 Å². The summed E-state index contributed by atoms with van der Waals surface area (Å²) in [7, 11) is 0. The summed E-state index contributed by atoms with van der Waals surface area (Å²) in [5.41, 5.74) is 0. The van der Waals surface area contributed by atoms with E-state index in [0.29, 0.717) is 6.42 Å². The van der Waals surface area contributed by atoms with E-state index in [0.717, 1.165) is 0 Å². The van der Waals surface area contributed by atoms with Crippen LogP contribution < -0.4 is 0 Å². The molecule has 0 aliphatic carbocycles. The Hall–Kier alpha value is 0.149. The van der Waals surface area contributed by atoms with Gasteiger partial charge in [-0.25, -0.2) is 0 Å². The Kier molecular flexibility index (Phi) is 3.26. The van der Waals surface area contributed by atoms with Crippen molar-refractivity contribution in [2.75, 3.05) is 0 Å². The average molecular weight is 167 g/mol. The van der Waals surface area contributed by atoms with Gasteiger partial charge in [0.2, 0.25) is 0 Å². The van der Waals surface area contributed by atoms with Gasteiger partial charge in [0.25, 0.3) is 0 Å². The molecule has 0 spiro atoms. The average Bonchev–Trinajstić information content (AvgIpc) is 1.65. The van der Waals surface area contributed by atoms with Crippen molar-refractivity contribution < 1.29 is 10.2 Å². The molecule has 0 fully saturated rings. The van der Waals surface area contributed by atoms with Crippen LogP contribution in [0.2, 0.25) is 0 Å². The Bertz CT molecular complexity index is 72.1. The zero-order valence-electron chi connectivity index (χ0n) is 4.09. The molecule has 0 radical (unpaired) electrons. The summed E-state index contributed by atoms with van der Waals surface area (Å²) in [5, 5.41) is 17.0. The molecule has 0 aliphatic rings. The van der Waals surface area contributed by atoms with E-state index in [-0.39, 0.29) is 4.60 Å². The van der Waals surface area contributed by atoms with Crippen LogP contribution in [0, 0.1) is 0 Å². The molecule has 7 heavy (non-hydrogen) atoms. The van der Waals surface area contributed by atoms with Crippen LogP contribution in [-0.2, 0) is 0 Å².